The first-order valence-corrected chi connectivity index (χ1v) is 9.84. The predicted octanol–water partition coefficient (Wildman–Crippen LogP) is 3.71. The predicted molar refractivity (Wildman–Crippen MR) is 112 cm³/mol. The van der Waals surface area contributed by atoms with Crippen molar-refractivity contribution in [1.29, 1.82) is 0 Å². The first-order valence-electron chi connectivity index (χ1n) is 9.84. The van der Waals surface area contributed by atoms with Crippen molar-refractivity contribution < 1.29 is 4.79 Å². The summed E-state index contributed by atoms with van der Waals surface area (Å²) in [4.78, 5) is 26.2. The van der Waals surface area contributed by atoms with Gasteiger partial charge in [-0.3, -0.25) is 9.78 Å². The fourth-order valence-electron chi connectivity index (χ4n) is 4.05. The number of carbonyl (C=O) groups is 1. The molecule has 0 radical (unpaired) electrons. The number of amides is 1. The number of imidazole rings is 1. The van der Waals surface area contributed by atoms with E-state index >= 15 is 0 Å². The van der Waals surface area contributed by atoms with Gasteiger partial charge in [-0.25, -0.2) is 4.98 Å². The van der Waals surface area contributed by atoms with E-state index in [-0.39, 0.29) is 11.8 Å². The van der Waals surface area contributed by atoms with Crippen LogP contribution < -0.4 is 4.90 Å². The highest BCUT2D eigenvalue weighted by Crippen LogP contribution is 2.32. The van der Waals surface area contributed by atoms with Crippen molar-refractivity contribution in [2.24, 2.45) is 0 Å². The summed E-state index contributed by atoms with van der Waals surface area (Å²) in [6, 6.07) is 10.1. The maximum absolute atomic E-state index is 13.1. The van der Waals surface area contributed by atoms with Gasteiger partial charge < -0.3 is 14.4 Å². The number of hydrogen-bond donors (Lipinski definition) is 0. The molecule has 3 heterocycles. The van der Waals surface area contributed by atoms with Gasteiger partial charge in [-0.2, -0.15) is 0 Å². The lowest BCUT2D eigenvalue weighted by Gasteiger charge is -2.20. The number of aromatic nitrogens is 3. The summed E-state index contributed by atoms with van der Waals surface area (Å²) in [6.07, 6.45) is 4.60. The highest BCUT2D eigenvalue weighted by atomic mass is 16.2. The van der Waals surface area contributed by atoms with Gasteiger partial charge in [-0.1, -0.05) is 6.07 Å². The molecule has 1 aromatic carbocycles. The lowest BCUT2D eigenvalue weighted by atomic mass is 10.1. The second-order valence-electron chi connectivity index (χ2n) is 7.98. The molecule has 0 aliphatic carbocycles. The SMILES string of the molecule is CC(C)n1c([C@H]2CCN(C(=O)c3cccc(N(C)C)c3)C2)nc2ccncc21. The van der Waals surface area contributed by atoms with E-state index in [0.717, 1.165) is 41.1 Å². The maximum Gasteiger partial charge on any atom is 0.253 e. The Kier molecular flexibility index (Phi) is 4.79. The van der Waals surface area contributed by atoms with Crippen LogP contribution in [0.4, 0.5) is 5.69 Å². The third-order valence-corrected chi connectivity index (χ3v) is 5.49. The van der Waals surface area contributed by atoms with Crippen molar-refractivity contribution in [1.82, 2.24) is 19.4 Å². The van der Waals surface area contributed by atoms with Crippen LogP contribution in [0.25, 0.3) is 11.0 Å². The molecule has 1 atom stereocenters. The Morgan fingerprint density at radius 2 is 2.07 bits per heavy atom. The van der Waals surface area contributed by atoms with E-state index < -0.39 is 0 Å². The third kappa shape index (κ3) is 3.23. The molecule has 1 saturated heterocycles. The molecule has 0 saturated carbocycles. The molecule has 4 rings (SSSR count). The van der Waals surface area contributed by atoms with E-state index in [1.54, 1.807) is 6.20 Å². The van der Waals surface area contributed by atoms with E-state index in [4.69, 9.17) is 4.98 Å². The van der Waals surface area contributed by atoms with Crippen molar-refractivity contribution >= 4 is 22.6 Å². The van der Waals surface area contributed by atoms with Crippen molar-refractivity contribution in [2.75, 3.05) is 32.1 Å². The second kappa shape index (κ2) is 7.26. The Morgan fingerprint density at radius 1 is 1.25 bits per heavy atom. The molecule has 1 aliphatic rings. The molecule has 0 bridgehead atoms. The number of rotatable bonds is 4. The first-order chi connectivity index (χ1) is 13.5. The molecule has 6 nitrogen and oxygen atoms in total. The van der Waals surface area contributed by atoms with Gasteiger partial charge in [0.25, 0.3) is 5.91 Å². The highest BCUT2D eigenvalue weighted by Gasteiger charge is 2.32. The summed E-state index contributed by atoms with van der Waals surface area (Å²) in [5.74, 6) is 1.41. The zero-order valence-corrected chi connectivity index (χ0v) is 17.0. The molecule has 0 N–H and O–H groups in total. The van der Waals surface area contributed by atoms with Gasteiger partial charge in [0.1, 0.15) is 5.82 Å². The van der Waals surface area contributed by atoms with E-state index in [1.165, 1.54) is 0 Å². The lowest BCUT2D eigenvalue weighted by Crippen LogP contribution is -2.29. The lowest BCUT2D eigenvalue weighted by molar-refractivity contribution is 0.0790. The highest BCUT2D eigenvalue weighted by molar-refractivity contribution is 5.95. The standard InChI is InChI=1S/C22H27N5O/c1-15(2)27-20-13-23-10-8-19(20)24-21(27)17-9-11-26(14-17)22(28)16-6-5-7-18(12-16)25(3)4/h5-8,10,12-13,15,17H,9,11,14H2,1-4H3/t17-/m0/s1. The Bertz CT molecular complexity index is 1010. The van der Waals surface area contributed by atoms with Crippen LogP contribution in [0.3, 0.4) is 0 Å². The van der Waals surface area contributed by atoms with Crippen LogP contribution in [0.5, 0.6) is 0 Å². The Morgan fingerprint density at radius 3 is 2.82 bits per heavy atom. The largest absolute Gasteiger partial charge is 0.378 e. The van der Waals surface area contributed by atoms with Gasteiger partial charge in [0, 0.05) is 56.6 Å². The molecule has 2 aromatic heterocycles. The summed E-state index contributed by atoms with van der Waals surface area (Å²) in [5.41, 5.74) is 3.82. The van der Waals surface area contributed by atoms with Crippen LogP contribution in [0.2, 0.25) is 0 Å². The minimum atomic E-state index is 0.0973. The number of carbonyl (C=O) groups excluding carboxylic acids is 1. The smallest absolute Gasteiger partial charge is 0.253 e. The fraction of sp³-hybridized carbons (Fsp3) is 0.409. The average Bonchev–Trinajstić information content (AvgIpc) is 3.32. The quantitative estimate of drug-likeness (QED) is 0.696. The zero-order valence-electron chi connectivity index (χ0n) is 17.0. The van der Waals surface area contributed by atoms with Gasteiger partial charge in [-0.05, 0) is 44.5 Å². The summed E-state index contributed by atoms with van der Waals surface area (Å²) < 4.78 is 2.27. The molecular weight excluding hydrogens is 350 g/mol. The Balaban J connectivity index is 1.59. The van der Waals surface area contributed by atoms with E-state index in [9.17, 15) is 4.79 Å². The van der Waals surface area contributed by atoms with Crippen LogP contribution >= 0.6 is 0 Å². The molecule has 1 amide bonds. The van der Waals surface area contributed by atoms with Crippen LogP contribution in [0.15, 0.2) is 42.7 Å². The second-order valence-corrected chi connectivity index (χ2v) is 7.98. The van der Waals surface area contributed by atoms with Gasteiger partial charge in [0.2, 0.25) is 0 Å². The molecule has 1 fully saturated rings. The normalized spacial score (nSPS) is 16.9. The Labute approximate surface area is 165 Å². The Hall–Kier alpha value is -2.89. The number of nitrogens with zero attached hydrogens (tertiary/aromatic N) is 5. The summed E-state index contributed by atoms with van der Waals surface area (Å²) in [5, 5.41) is 0. The van der Waals surface area contributed by atoms with Crippen LogP contribution in [0, 0.1) is 0 Å². The maximum atomic E-state index is 13.1. The number of pyridine rings is 1. The number of anilines is 1. The molecule has 28 heavy (non-hydrogen) atoms. The number of hydrogen-bond acceptors (Lipinski definition) is 4. The molecular formula is C22H27N5O. The first kappa shape index (κ1) is 18.5. The minimum Gasteiger partial charge on any atom is -0.378 e. The van der Waals surface area contributed by atoms with Crippen LogP contribution in [-0.4, -0.2) is 52.5 Å². The van der Waals surface area contributed by atoms with Gasteiger partial charge >= 0.3 is 0 Å². The van der Waals surface area contributed by atoms with Crippen molar-refractivity contribution in [3.63, 3.8) is 0 Å². The molecule has 3 aromatic rings. The molecule has 6 heteroatoms. The van der Waals surface area contributed by atoms with Gasteiger partial charge in [0.15, 0.2) is 0 Å². The molecule has 0 unspecified atom stereocenters. The zero-order chi connectivity index (χ0) is 19.8. The fourth-order valence-corrected chi connectivity index (χ4v) is 4.05. The number of fused-ring (bicyclic) bond motifs is 1. The van der Waals surface area contributed by atoms with E-state index in [1.807, 2.05) is 60.4 Å². The molecule has 146 valence electrons. The van der Waals surface area contributed by atoms with Crippen LogP contribution in [-0.2, 0) is 0 Å². The molecule has 1 aliphatic heterocycles. The van der Waals surface area contributed by atoms with E-state index in [2.05, 4.69) is 23.4 Å². The topological polar surface area (TPSA) is 54.3 Å². The van der Waals surface area contributed by atoms with Crippen molar-refractivity contribution in [3.05, 3.63) is 54.1 Å². The number of likely N-dealkylation sites (tertiary alicyclic amines) is 1. The van der Waals surface area contributed by atoms with Gasteiger partial charge in [0.05, 0.1) is 17.2 Å². The van der Waals surface area contributed by atoms with Crippen LogP contribution in [0.1, 0.15) is 48.4 Å². The number of benzene rings is 1. The van der Waals surface area contributed by atoms with Crippen molar-refractivity contribution in [3.8, 4) is 0 Å². The summed E-state index contributed by atoms with van der Waals surface area (Å²) in [7, 11) is 3.97. The average molecular weight is 377 g/mol. The van der Waals surface area contributed by atoms with Crippen molar-refractivity contribution in [2.45, 2.75) is 32.2 Å². The summed E-state index contributed by atoms with van der Waals surface area (Å²) >= 11 is 0. The van der Waals surface area contributed by atoms with E-state index in [0.29, 0.717) is 12.6 Å². The van der Waals surface area contributed by atoms with Gasteiger partial charge in [-0.15, -0.1) is 0 Å². The monoisotopic (exact) mass is 377 g/mol. The minimum absolute atomic E-state index is 0.0973. The third-order valence-electron chi connectivity index (χ3n) is 5.49. The summed E-state index contributed by atoms with van der Waals surface area (Å²) in [6.45, 7) is 5.80. The molecule has 0 spiro atoms.